The van der Waals surface area contributed by atoms with E-state index < -0.39 is 78.6 Å². The van der Waals surface area contributed by atoms with Crippen LogP contribution in [0.5, 0.6) is 34.5 Å². The molecule has 0 radical (unpaired) electrons. The van der Waals surface area contributed by atoms with Crippen molar-refractivity contribution in [3.8, 4) is 64.8 Å². The predicted molar refractivity (Wildman–Crippen MR) is 493 cm³/mol. The molecule has 10 atom stereocenters. The molecule has 0 bridgehead atoms. The number of piperidine rings is 5. The number of carbonyl (C=O) groups is 6. The molecule has 0 aromatic carbocycles. The van der Waals surface area contributed by atoms with Gasteiger partial charge in [0.05, 0.1) is 128 Å². The van der Waals surface area contributed by atoms with Crippen molar-refractivity contribution in [2.24, 2.45) is 29.6 Å². The number of β-amino-alcohol motifs (C(OH)–C–C–N with tert-alkyl or cyclic N) is 1. The topological polar surface area (TPSA) is 475 Å². The third-order valence-electron chi connectivity index (χ3n) is 24.2. The molecule has 0 spiro atoms. The summed E-state index contributed by atoms with van der Waals surface area (Å²) in [5.74, 6) is -5.86. The Bertz CT molecular complexity index is 5030. The van der Waals surface area contributed by atoms with Crippen LogP contribution < -0.4 is 60.3 Å². The first kappa shape index (κ1) is 112. The summed E-state index contributed by atoms with van der Waals surface area (Å²) < 4.78 is 122. The zero-order valence-electron chi connectivity index (χ0n) is 72.5. The Balaban J connectivity index is 0.000000223. The number of hydrogen-bond donors (Lipinski definition) is 7. The SMILES string of the molecule is C.C.C.C.C.C.N#Cc1cncc2c1OCCN(C(=O)C1CCNCC1(F)F)C2.N#Cc1cncc2c1OCCN(C(=O)C1CCNCC1O)C2.N#Cc1cncc2c1OCCN(C(=O)C1CCNCCO1)C2.N#Cc1cncc2c1OCCN(C(=O)C1CCNC[C@@H]1F)C2.N#Cc1cncc2c1OCCN(C(=O)C1CCNC[C@@H]1F)C2.O=C(C1CCNC[C@@H]1F)N1CCOc2c(F)cncc2C1. The van der Waals surface area contributed by atoms with Crippen LogP contribution in [0.4, 0.5) is 26.3 Å². The predicted octanol–water partition coefficient (Wildman–Crippen LogP) is 6.57. The number of nitriles is 5. The van der Waals surface area contributed by atoms with Crippen LogP contribution >= 0.6 is 0 Å². The van der Waals surface area contributed by atoms with Crippen LogP contribution in [0, 0.1) is 92.1 Å². The van der Waals surface area contributed by atoms with Crippen LogP contribution in [0.1, 0.15) is 144 Å². The zero-order valence-corrected chi connectivity index (χ0v) is 72.5. The number of nitrogens with one attached hydrogen (secondary N) is 6. The van der Waals surface area contributed by atoms with E-state index in [0.29, 0.717) is 230 Å². The lowest BCUT2D eigenvalue weighted by Gasteiger charge is -2.34. The van der Waals surface area contributed by atoms with E-state index in [0.717, 1.165) is 37.0 Å². The van der Waals surface area contributed by atoms with Crippen LogP contribution in [-0.2, 0) is 72.8 Å². The number of alkyl halides is 5. The molecule has 7 unspecified atom stereocenters. The lowest BCUT2D eigenvalue weighted by molar-refractivity contribution is -0.154. The number of halogens is 6. The fraction of sp³-hybridized carbons (Fsp3) is 0.568. The van der Waals surface area contributed by atoms with E-state index >= 15 is 0 Å². The van der Waals surface area contributed by atoms with E-state index in [1.807, 2.05) is 18.2 Å². The number of aliphatic hydroxyl groups excluding tert-OH is 1. The smallest absolute Gasteiger partial charge is 0.271 e. The van der Waals surface area contributed by atoms with Gasteiger partial charge in [-0.05, 0) is 77.8 Å². The number of ether oxygens (including phenoxy) is 7. The van der Waals surface area contributed by atoms with Crippen molar-refractivity contribution in [1.82, 2.24) is 91.2 Å². The van der Waals surface area contributed by atoms with Gasteiger partial charge in [0.25, 0.3) is 11.8 Å². The van der Waals surface area contributed by atoms with Crippen LogP contribution in [-0.4, -0.2) is 301 Å². The number of fused-ring (bicyclic) bond motifs is 6. The summed E-state index contributed by atoms with van der Waals surface area (Å²) in [4.78, 5) is 109. The maximum Gasteiger partial charge on any atom is 0.271 e. The van der Waals surface area contributed by atoms with Crippen molar-refractivity contribution in [1.29, 1.82) is 26.3 Å². The van der Waals surface area contributed by atoms with Gasteiger partial charge < -0.3 is 99.6 Å². The maximum absolute atomic E-state index is 14.0. The average molecular weight is 1930 g/mol. The summed E-state index contributed by atoms with van der Waals surface area (Å²) in [5.41, 5.74) is 5.74. The molecule has 12 aliphatic heterocycles. The van der Waals surface area contributed by atoms with Crippen LogP contribution in [0.3, 0.4) is 0 Å². The summed E-state index contributed by atoms with van der Waals surface area (Å²) in [6.45, 7) is 11.3. The minimum absolute atomic E-state index is 0. The quantitative estimate of drug-likeness (QED) is 0.0867. The van der Waals surface area contributed by atoms with E-state index in [4.69, 9.17) is 59.5 Å². The lowest BCUT2D eigenvalue weighted by Crippen LogP contribution is -2.53. The molecule has 138 heavy (non-hydrogen) atoms. The summed E-state index contributed by atoms with van der Waals surface area (Å²) in [6.07, 6.45) is 16.1. The zero-order chi connectivity index (χ0) is 93.2. The molecular weight excluding hydrogens is 1800 g/mol. The Morgan fingerprint density at radius 3 is 0.935 bits per heavy atom. The second-order valence-electron chi connectivity index (χ2n) is 32.9. The van der Waals surface area contributed by atoms with Gasteiger partial charge in [-0.3, -0.25) is 58.7 Å². The maximum atomic E-state index is 14.0. The monoisotopic (exact) mass is 1930 g/mol. The molecule has 6 saturated heterocycles. The number of amides is 6. The third kappa shape index (κ3) is 28.0. The van der Waals surface area contributed by atoms with Crippen LogP contribution in [0.2, 0.25) is 0 Å². The number of aliphatic hydroxyl groups is 1. The second-order valence-corrected chi connectivity index (χ2v) is 32.9. The highest BCUT2D eigenvalue weighted by Gasteiger charge is 2.48. The van der Waals surface area contributed by atoms with Gasteiger partial charge in [-0.15, -0.1) is 0 Å². The van der Waals surface area contributed by atoms with Gasteiger partial charge in [0.2, 0.25) is 29.5 Å². The minimum Gasteiger partial charge on any atom is -0.490 e. The van der Waals surface area contributed by atoms with Gasteiger partial charge in [0.1, 0.15) is 157 Å². The standard InChI is InChI=1S/C15H16F2N4O2.2C15H17FN4O2.2C15H18N4O3.C14H17F2N3O2.6CH4/c16-15(17)9-19-2-1-12(15)14(22)21-3-4-23-13-10(5-18)6-20-7-11(13)8-21;2*16-13-8-18-2-1-12(13)15(21)20-3-4-22-14-10(5-17)6-19-7-11(14)9-20;16-7-11-8-18-9-12-10-19(4-6-22-14(11)12)15(20)13-1-2-17-3-5-21-13;16-5-10-6-18-7-11-9-19(3-4-22-14(10)11)15(21)12-1-2-17-8-13(12)20;15-11-6-17-2-1-10(11)14(20)19-3-4-21-13-9(8-19)5-18-7-12(13)16;;;;;;/h6-7,12,19H,1-4,8-9H2;2*6-7,12-13,18H,1-4,8-9H2;8-9,13,17H,1-6,10H2;6-7,12-13,17,20H,1-4,8-9H2;5,7,10-11,17H,1-4,6,8H2;6*1H4/t;2*12?,13-;;;10?,11-;;;;;;/m.00..0....../s1. The van der Waals surface area contributed by atoms with Gasteiger partial charge in [0.15, 0.2) is 11.6 Å². The van der Waals surface area contributed by atoms with E-state index in [9.17, 15) is 60.2 Å². The molecule has 6 amide bonds. The Morgan fingerprint density at radius 1 is 0.341 bits per heavy atom. The van der Waals surface area contributed by atoms with Gasteiger partial charge >= 0.3 is 0 Å². The number of rotatable bonds is 6. The molecule has 18 rings (SSSR count). The average Bonchev–Trinajstić information content (AvgIpc) is 1.26. The number of pyridine rings is 6. The van der Waals surface area contributed by atoms with Crippen molar-refractivity contribution in [2.45, 2.75) is 159 Å². The van der Waals surface area contributed by atoms with E-state index in [2.05, 4.69) is 73.9 Å². The second kappa shape index (κ2) is 54.4. The van der Waals surface area contributed by atoms with Crippen molar-refractivity contribution < 1.29 is 93.4 Å². The molecule has 6 aromatic rings. The highest BCUT2D eigenvalue weighted by atomic mass is 19.3. The van der Waals surface area contributed by atoms with Gasteiger partial charge in [0, 0.05) is 134 Å². The first-order valence-electron chi connectivity index (χ1n) is 43.9. The Kier molecular flexibility index (Phi) is 44.2. The fourth-order valence-corrected chi connectivity index (χ4v) is 17.2. The van der Waals surface area contributed by atoms with Crippen molar-refractivity contribution in [3.05, 3.63) is 141 Å². The number of nitrogens with zero attached hydrogens (tertiary/aromatic N) is 17. The molecule has 12 aliphatic rings. The molecule has 0 aliphatic carbocycles. The summed E-state index contributed by atoms with van der Waals surface area (Å²) in [5, 5.41) is 73.2. The first-order valence-corrected chi connectivity index (χ1v) is 43.9. The number of aromatic nitrogens is 6. The van der Waals surface area contributed by atoms with E-state index in [1.165, 1.54) is 53.2 Å². The number of carbonyl (C=O) groups excluding carboxylic acids is 6. The highest BCUT2D eigenvalue weighted by molar-refractivity contribution is 5.83. The van der Waals surface area contributed by atoms with Crippen molar-refractivity contribution in [2.75, 3.05) is 164 Å². The summed E-state index contributed by atoms with van der Waals surface area (Å²) in [7, 11) is 0. The molecule has 6 fully saturated rings. The highest BCUT2D eigenvalue weighted by Crippen LogP contribution is 2.37. The van der Waals surface area contributed by atoms with Crippen LogP contribution in [0.15, 0.2) is 74.4 Å². The number of hydrogen-bond acceptors (Lipinski definition) is 31. The Morgan fingerprint density at radius 2 is 0.616 bits per heavy atom. The fourth-order valence-electron chi connectivity index (χ4n) is 17.2. The molecule has 37 nitrogen and oxygen atoms in total. The van der Waals surface area contributed by atoms with Gasteiger partial charge in [-0.25, -0.2) is 26.3 Å². The molecular formula is C95H127F6N23O14. The van der Waals surface area contributed by atoms with Crippen molar-refractivity contribution >= 4 is 35.4 Å². The van der Waals surface area contributed by atoms with Crippen LogP contribution in [0.25, 0.3) is 0 Å². The Labute approximate surface area is 801 Å². The molecule has 6 aromatic heterocycles. The molecule has 7 N–H and O–H groups in total. The molecule has 0 saturated carbocycles. The third-order valence-corrected chi connectivity index (χ3v) is 24.2. The van der Waals surface area contributed by atoms with E-state index in [1.54, 1.807) is 44.4 Å². The normalized spacial score (nSPS) is 23.0. The van der Waals surface area contributed by atoms with Crippen molar-refractivity contribution in [3.63, 3.8) is 0 Å². The van der Waals surface area contributed by atoms with Gasteiger partial charge in [-0.2, -0.15) is 26.3 Å². The summed E-state index contributed by atoms with van der Waals surface area (Å²) >= 11 is 0. The van der Waals surface area contributed by atoms with E-state index in [-0.39, 0.29) is 150 Å². The molecule has 18 heterocycles. The first-order chi connectivity index (χ1) is 64.1. The summed E-state index contributed by atoms with van der Waals surface area (Å²) in [6, 6.07) is 10.2. The lowest BCUT2D eigenvalue weighted by atomic mass is 9.92. The van der Waals surface area contributed by atoms with Gasteiger partial charge in [-0.1, -0.05) is 44.6 Å². The molecule has 748 valence electrons. The Hall–Kier alpha value is -12.8. The minimum atomic E-state index is -3.06. The largest absolute Gasteiger partial charge is 0.490 e. The molecule has 43 heteroatoms.